The Morgan fingerprint density at radius 1 is 1.11 bits per heavy atom. The summed E-state index contributed by atoms with van der Waals surface area (Å²) >= 11 is 0. The standard InChI is InChI=1S/C19H28F3N3O2S/c1-15-5-2-3-10-25(15)28(26,27)23-18-8-11-24(12-9-18)14-16-6-4-7-17(13-16)19(20,21)22/h4,6-7,13,15,18,23H,2-3,5,8-12,14H2,1H3. The Kier molecular flexibility index (Phi) is 6.69. The third-order valence-corrected chi connectivity index (χ3v) is 7.41. The predicted molar refractivity (Wildman–Crippen MR) is 102 cm³/mol. The summed E-state index contributed by atoms with van der Waals surface area (Å²) in [5.74, 6) is 0. The molecule has 0 aliphatic carbocycles. The van der Waals surface area contributed by atoms with Crippen LogP contribution in [0.4, 0.5) is 13.2 Å². The molecule has 5 nitrogen and oxygen atoms in total. The molecular weight excluding hydrogens is 391 g/mol. The smallest absolute Gasteiger partial charge is 0.299 e. The van der Waals surface area contributed by atoms with Crippen LogP contribution in [0, 0.1) is 0 Å². The van der Waals surface area contributed by atoms with Crippen molar-refractivity contribution < 1.29 is 21.6 Å². The first-order chi connectivity index (χ1) is 13.1. The maximum Gasteiger partial charge on any atom is 0.416 e. The topological polar surface area (TPSA) is 52.7 Å². The van der Waals surface area contributed by atoms with Crippen LogP contribution < -0.4 is 4.72 Å². The summed E-state index contributed by atoms with van der Waals surface area (Å²) in [7, 11) is -3.49. The lowest BCUT2D eigenvalue weighted by molar-refractivity contribution is -0.137. The van der Waals surface area contributed by atoms with E-state index in [2.05, 4.69) is 9.62 Å². The van der Waals surface area contributed by atoms with Gasteiger partial charge < -0.3 is 0 Å². The van der Waals surface area contributed by atoms with Gasteiger partial charge in [0.1, 0.15) is 0 Å². The first-order valence-electron chi connectivity index (χ1n) is 9.83. The molecule has 28 heavy (non-hydrogen) atoms. The van der Waals surface area contributed by atoms with Crippen LogP contribution in [0.5, 0.6) is 0 Å². The molecule has 0 bridgehead atoms. The molecular formula is C19H28F3N3O2S. The quantitative estimate of drug-likeness (QED) is 0.796. The van der Waals surface area contributed by atoms with Crippen LogP contribution in [0.1, 0.15) is 50.2 Å². The monoisotopic (exact) mass is 419 g/mol. The van der Waals surface area contributed by atoms with Crippen LogP contribution in [0.25, 0.3) is 0 Å². The fourth-order valence-electron chi connectivity index (χ4n) is 4.02. The summed E-state index contributed by atoms with van der Waals surface area (Å²) in [6, 6.07) is 5.28. The van der Waals surface area contributed by atoms with Gasteiger partial charge in [0.2, 0.25) is 0 Å². The molecule has 1 aromatic rings. The summed E-state index contributed by atoms with van der Waals surface area (Å²) in [5, 5.41) is 0. The Balaban J connectivity index is 1.52. The second-order valence-electron chi connectivity index (χ2n) is 7.83. The van der Waals surface area contributed by atoms with Gasteiger partial charge in [-0.25, -0.2) is 0 Å². The van der Waals surface area contributed by atoms with Crippen LogP contribution >= 0.6 is 0 Å². The number of hydrogen-bond donors (Lipinski definition) is 1. The summed E-state index contributed by atoms with van der Waals surface area (Å²) in [4.78, 5) is 2.07. The van der Waals surface area contributed by atoms with Gasteiger partial charge in [-0.2, -0.15) is 30.6 Å². The highest BCUT2D eigenvalue weighted by Gasteiger charge is 2.33. The van der Waals surface area contributed by atoms with Crippen molar-refractivity contribution in [2.75, 3.05) is 19.6 Å². The Morgan fingerprint density at radius 3 is 2.46 bits per heavy atom. The zero-order valence-electron chi connectivity index (χ0n) is 16.1. The molecule has 9 heteroatoms. The molecule has 3 rings (SSSR count). The summed E-state index contributed by atoms with van der Waals surface area (Å²) in [5.41, 5.74) is -0.0145. The molecule has 0 radical (unpaired) electrons. The van der Waals surface area contributed by atoms with Crippen molar-refractivity contribution in [3.8, 4) is 0 Å². The van der Waals surface area contributed by atoms with Gasteiger partial charge >= 0.3 is 6.18 Å². The van der Waals surface area contributed by atoms with E-state index in [1.165, 1.54) is 12.1 Å². The third kappa shape index (κ3) is 5.46. The third-order valence-electron chi connectivity index (χ3n) is 5.61. The number of piperidine rings is 2. The van der Waals surface area contributed by atoms with Crippen molar-refractivity contribution in [2.24, 2.45) is 0 Å². The predicted octanol–water partition coefficient (Wildman–Crippen LogP) is 3.38. The van der Waals surface area contributed by atoms with Gasteiger partial charge in [-0.3, -0.25) is 4.90 Å². The molecule has 2 aliphatic rings. The number of halogens is 3. The normalized spacial score (nSPS) is 23.8. The van der Waals surface area contributed by atoms with E-state index in [0.717, 1.165) is 25.3 Å². The summed E-state index contributed by atoms with van der Waals surface area (Å²) < 4.78 is 68.3. The zero-order valence-corrected chi connectivity index (χ0v) is 16.9. The fraction of sp³-hybridized carbons (Fsp3) is 0.684. The molecule has 0 aromatic heterocycles. The number of alkyl halides is 3. The molecule has 1 atom stereocenters. The number of nitrogens with one attached hydrogen (secondary N) is 1. The van der Waals surface area contributed by atoms with Crippen molar-refractivity contribution in [1.82, 2.24) is 13.9 Å². The number of rotatable bonds is 5. The molecule has 2 saturated heterocycles. The molecule has 2 fully saturated rings. The Labute approximate surface area is 165 Å². The SMILES string of the molecule is CC1CCCCN1S(=O)(=O)NC1CCN(Cc2cccc(C(F)(F)F)c2)CC1. The molecule has 0 spiro atoms. The van der Waals surface area contributed by atoms with Crippen molar-refractivity contribution >= 4 is 10.2 Å². The second-order valence-corrected chi connectivity index (χ2v) is 9.48. The van der Waals surface area contributed by atoms with Crippen molar-refractivity contribution in [1.29, 1.82) is 0 Å². The fourth-order valence-corrected chi connectivity index (χ4v) is 5.76. The minimum atomic E-state index is -4.34. The molecule has 1 N–H and O–H groups in total. The van der Waals surface area contributed by atoms with Crippen LogP contribution in [0.15, 0.2) is 24.3 Å². The van der Waals surface area contributed by atoms with E-state index in [1.807, 2.05) is 6.92 Å². The van der Waals surface area contributed by atoms with Gasteiger partial charge in [-0.05, 0) is 44.2 Å². The highest BCUT2D eigenvalue weighted by molar-refractivity contribution is 7.87. The first-order valence-corrected chi connectivity index (χ1v) is 11.3. The number of nitrogens with zero attached hydrogens (tertiary/aromatic N) is 2. The average molecular weight is 420 g/mol. The van der Waals surface area contributed by atoms with E-state index in [4.69, 9.17) is 0 Å². The van der Waals surface area contributed by atoms with Crippen molar-refractivity contribution in [3.05, 3.63) is 35.4 Å². The second kappa shape index (κ2) is 8.69. The van der Waals surface area contributed by atoms with Crippen LogP contribution in [-0.4, -0.2) is 49.3 Å². The molecule has 1 unspecified atom stereocenters. The van der Waals surface area contributed by atoms with E-state index in [9.17, 15) is 21.6 Å². The van der Waals surface area contributed by atoms with Crippen molar-refractivity contribution in [3.63, 3.8) is 0 Å². The Morgan fingerprint density at radius 2 is 1.82 bits per heavy atom. The number of hydrogen-bond acceptors (Lipinski definition) is 3. The van der Waals surface area contributed by atoms with Crippen molar-refractivity contribution in [2.45, 2.75) is 63.8 Å². The van der Waals surface area contributed by atoms with Gasteiger partial charge in [0.15, 0.2) is 0 Å². The Hall–Kier alpha value is -1.16. The van der Waals surface area contributed by atoms with E-state index in [0.29, 0.717) is 44.6 Å². The molecule has 1 aromatic carbocycles. The van der Waals surface area contributed by atoms with Crippen LogP contribution in [0.3, 0.4) is 0 Å². The van der Waals surface area contributed by atoms with Gasteiger partial charge in [0.05, 0.1) is 5.56 Å². The zero-order chi connectivity index (χ0) is 20.4. The van der Waals surface area contributed by atoms with Gasteiger partial charge in [0.25, 0.3) is 10.2 Å². The Bertz CT molecular complexity index is 762. The average Bonchev–Trinajstić information content (AvgIpc) is 2.63. The van der Waals surface area contributed by atoms with E-state index in [-0.39, 0.29) is 12.1 Å². The lowest BCUT2D eigenvalue weighted by atomic mass is 10.0. The van der Waals surface area contributed by atoms with E-state index >= 15 is 0 Å². The van der Waals surface area contributed by atoms with E-state index < -0.39 is 21.9 Å². The number of benzene rings is 1. The molecule has 0 saturated carbocycles. The van der Waals surface area contributed by atoms with Gasteiger partial charge in [-0.1, -0.05) is 24.6 Å². The van der Waals surface area contributed by atoms with E-state index in [1.54, 1.807) is 10.4 Å². The maximum atomic E-state index is 12.9. The molecule has 158 valence electrons. The molecule has 2 heterocycles. The summed E-state index contributed by atoms with van der Waals surface area (Å²) in [6.45, 7) is 4.24. The minimum Gasteiger partial charge on any atom is -0.299 e. The largest absolute Gasteiger partial charge is 0.416 e. The maximum absolute atomic E-state index is 12.9. The highest BCUT2D eigenvalue weighted by atomic mass is 32.2. The number of likely N-dealkylation sites (tertiary alicyclic amines) is 1. The lowest BCUT2D eigenvalue weighted by Gasteiger charge is -2.36. The lowest BCUT2D eigenvalue weighted by Crippen LogP contribution is -2.52. The van der Waals surface area contributed by atoms with Gasteiger partial charge in [-0.15, -0.1) is 0 Å². The molecule has 0 amide bonds. The highest BCUT2D eigenvalue weighted by Crippen LogP contribution is 2.30. The van der Waals surface area contributed by atoms with Crippen LogP contribution in [0.2, 0.25) is 0 Å². The minimum absolute atomic E-state index is 0.0206. The van der Waals surface area contributed by atoms with Crippen LogP contribution in [-0.2, 0) is 22.9 Å². The first kappa shape index (κ1) is 21.5. The van der Waals surface area contributed by atoms with Gasteiger partial charge in [0, 0.05) is 38.3 Å². The molecule has 2 aliphatic heterocycles. The summed E-state index contributed by atoms with van der Waals surface area (Å²) in [6.07, 6.45) is -0.203.